The second-order valence-electron chi connectivity index (χ2n) is 5.12. The topological polar surface area (TPSA) is 12.5 Å². The molecule has 104 valence electrons. The highest BCUT2D eigenvalue weighted by molar-refractivity contribution is 9.10. The van der Waals surface area contributed by atoms with Crippen LogP contribution in [0.5, 0.6) is 5.75 Å². The molecule has 1 unspecified atom stereocenters. The Labute approximate surface area is 128 Å². The zero-order valence-corrected chi connectivity index (χ0v) is 12.9. The van der Waals surface area contributed by atoms with E-state index < -0.39 is 0 Å². The summed E-state index contributed by atoms with van der Waals surface area (Å²) in [7, 11) is 0. The highest BCUT2D eigenvalue weighted by Crippen LogP contribution is 2.23. The second kappa shape index (κ2) is 6.31. The number of hydrogen-bond acceptors (Lipinski definition) is 2. The summed E-state index contributed by atoms with van der Waals surface area (Å²) in [6.07, 6.45) is 2.57. The van der Waals surface area contributed by atoms with Crippen molar-refractivity contribution in [2.45, 2.75) is 18.9 Å². The van der Waals surface area contributed by atoms with Gasteiger partial charge in [0.05, 0.1) is 6.54 Å². The highest BCUT2D eigenvalue weighted by Gasteiger charge is 2.21. The standard InChI is InChI=1S/C17H18BrNO/c18-14-8-10-16(11-9-14)20-17-7-4-12-19(13-17)15-5-2-1-3-6-15/h1-3,5-6,8-11,17H,4,7,12-13H2. The normalized spacial score (nSPS) is 18.9. The quantitative estimate of drug-likeness (QED) is 0.821. The first-order chi connectivity index (χ1) is 9.81. The molecule has 0 saturated carbocycles. The average Bonchev–Trinajstić information content (AvgIpc) is 2.51. The summed E-state index contributed by atoms with van der Waals surface area (Å²) in [5, 5.41) is 0. The average molecular weight is 332 g/mol. The molecule has 1 aliphatic rings. The highest BCUT2D eigenvalue weighted by atomic mass is 79.9. The van der Waals surface area contributed by atoms with Crippen molar-refractivity contribution < 1.29 is 4.74 Å². The molecule has 20 heavy (non-hydrogen) atoms. The summed E-state index contributed by atoms with van der Waals surface area (Å²) in [6.45, 7) is 2.07. The van der Waals surface area contributed by atoms with Crippen LogP contribution in [0.15, 0.2) is 59.1 Å². The third kappa shape index (κ3) is 3.34. The van der Waals surface area contributed by atoms with E-state index in [0.717, 1.165) is 29.7 Å². The lowest BCUT2D eigenvalue weighted by atomic mass is 10.1. The van der Waals surface area contributed by atoms with Gasteiger partial charge in [0.25, 0.3) is 0 Å². The zero-order chi connectivity index (χ0) is 13.8. The minimum absolute atomic E-state index is 0.269. The van der Waals surface area contributed by atoms with Gasteiger partial charge in [-0.1, -0.05) is 34.1 Å². The number of para-hydroxylation sites is 1. The zero-order valence-electron chi connectivity index (χ0n) is 11.3. The smallest absolute Gasteiger partial charge is 0.119 e. The van der Waals surface area contributed by atoms with Crippen molar-refractivity contribution in [1.82, 2.24) is 0 Å². The van der Waals surface area contributed by atoms with Crippen LogP contribution in [0.2, 0.25) is 0 Å². The number of benzene rings is 2. The monoisotopic (exact) mass is 331 g/mol. The van der Waals surface area contributed by atoms with Gasteiger partial charge in [-0.2, -0.15) is 0 Å². The van der Waals surface area contributed by atoms with Gasteiger partial charge in [-0.15, -0.1) is 0 Å². The molecular formula is C17H18BrNO. The number of nitrogens with zero attached hydrogens (tertiary/aromatic N) is 1. The van der Waals surface area contributed by atoms with Gasteiger partial charge < -0.3 is 9.64 Å². The molecule has 3 heteroatoms. The van der Waals surface area contributed by atoms with Crippen LogP contribution in [-0.2, 0) is 0 Å². The molecule has 0 N–H and O–H groups in total. The van der Waals surface area contributed by atoms with Gasteiger partial charge in [0, 0.05) is 16.7 Å². The van der Waals surface area contributed by atoms with Crippen LogP contribution < -0.4 is 9.64 Å². The van der Waals surface area contributed by atoms with Gasteiger partial charge in [0.1, 0.15) is 11.9 Å². The SMILES string of the molecule is Brc1ccc(OC2CCCN(c3ccccc3)C2)cc1. The second-order valence-corrected chi connectivity index (χ2v) is 6.03. The summed E-state index contributed by atoms with van der Waals surface area (Å²) in [5.74, 6) is 0.952. The Hall–Kier alpha value is -1.48. The largest absolute Gasteiger partial charge is 0.489 e. The van der Waals surface area contributed by atoms with Crippen molar-refractivity contribution in [3.63, 3.8) is 0 Å². The number of ether oxygens (including phenoxy) is 1. The number of halogens is 1. The first-order valence-electron chi connectivity index (χ1n) is 7.03. The van der Waals surface area contributed by atoms with Gasteiger partial charge in [0.15, 0.2) is 0 Å². The molecule has 1 aliphatic heterocycles. The van der Waals surface area contributed by atoms with Gasteiger partial charge in [-0.05, 0) is 49.2 Å². The summed E-state index contributed by atoms with van der Waals surface area (Å²) < 4.78 is 7.18. The van der Waals surface area contributed by atoms with Crippen LogP contribution in [-0.4, -0.2) is 19.2 Å². The third-order valence-corrected chi connectivity index (χ3v) is 4.14. The van der Waals surface area contributed by atoms with Crippen LogP contribution in [0.1, 0.15) is 12.8 Å². The Bertz CT molecular complexity index is 541. The van der Waals surface area contributed by atoms with Crippen molar-refractivity contribution >= 4 is 21.6 Å². The molecule has 2 aromatic rings. The fourth-order valence-corrected chi connectivity index (χ4v) is 2.88. The van der Waals surface area contributed by atoms with Crippen molar-refractivity contribution in [2.75, 3.05) is 18.0 Å². The van der Waals surface area contributed by atoms with Crippen molar-refractivity contribution in [3.8, 4) is 5.75 Å². The van der Waals surface area contributed by atoms with Gasteiger partial charge in [-0.3, -0.25) is 0 Å². The Morgan fingerprint density at radius 3 is 2.50 bits per heavy atom. The minimum Gasteiger partial charge on any atom is -0.489 e. The Balaban J connectivity index is 1.65. The fraction of sp³-hybridized carbons (Fsp3) is 0.294. The molecule has 0 aliphatic carbocycles. The third-order valence-electron chi connectivity index (χ3n) is 3.62. The Morgan fingerprint density at radius 2 is 1.75 bits per heavy atom. The van der Waals surface area contributed by atoms with Crippen LogP contribution in [0.3, 0.4) is 0 Å². The van der Waals surface area contributed by atoms with Crippen LogP contribution >= 0.6 is 15.9 Å². The minimum atomic E-state index is 0.269. The lowest BCUT2D eigenvalue weighted by molar-refractivity contribution is 0.179. The molecule has 0 radical (unpaired) electrons. The predicted molar refractivity (Wildman–Crippen MR) is 86.4 cm³/mol. The molecule has 3 rings (SSSR count). The van der Waals surface area contributed by atoms with Crippen molar-refractivity contribution in [1.29, 1.82) is 0 Å². The first kappa shape index (κ1) is 13.5. The van der Waals surface area contributed by atoms with E-state index in [1.165, 1.54) is 12.1 Å². The molecular weight excluding hydrogens is 314 g/mol. The molecule has 0 bridgehead atoms. The summed E-state index contributed by atoms with van der Waals surface area (Å²) in [6, 6.07) is 18.7. The maximum Gasteiger partial charge on any atom is 0.119 e. The van der Waals surface area contributed by atoms with E-state index >= 15 is 0 Å². The van der Waals surface area contributed by atoms with E-state index in [1.54, 1.807) is 0 Å². The fourth-order valence-electron chi connectivity index (χ4n) is 2.61. The van der Waals surface area contributed by atoms with Crippen molar-refractivity contribution in [2.24, 2.45) is 0 Å². The van der Waals surface area contributed by atoms with E-state index in [9.17, 15) is 0 Å². The maximum atomic E-state index is 6.10. The lowest BCUT2D eigenvalue weighted by Crippen LogP contribution is -2.41. The molecule has 1 fully saturated rings. The van der Waals surface area contributed by atoms with E-state index in [1.807, 2.05) is 24.3 Å². The van der Waals surface area contributed by atoms with E-state index in [4.69, 9.17) is 4.74 Å². The molecule has 0 amide bonds. The first-order valence-corrected chi connectivity index (χ1v) is 7.83. The van der Waals surface area contributed by atoms with Gasteiger partial charge >= 0.3 is 0 Å². The number of rotatable bonds is 3. The Morgan fingerprint density at radius 1 is 1.00 bits per heavy atom. The van der Waals surface area contributed by atoms with E-state index in [2.05, 4.69) is 51.2 Å². The van der Waals surface area contributed by atoms with E-state index in [-0.39, 0.29) is 6.10 Å². The van der Waals surface area contributed by atoms with Crippen LogP contribution in [0.25, 0.3) is 0 Å². The summed E-state index contributed by atoms with van der Waals surface area (Å²) in [5.41, 5.74) is 1.29. The molecule has 0 spiro atoms. The number of hydrogen-bond donors (Lipinski definition) is 0. The molecule has 2 aromatic carbocycles. The molecule has 0 aromatic heterocycles. The summed E-state index contributed by atoms with van der Waals surface area (Å²) in [4.78, 5) is 2.41. The molecule has 1 atom stereocenters. The van der Waals surface area contributed by atoms with Gasteiger partial charge in [0.2, 0.25) is 0 Å². The predicted octanol–water partition coefficient (Wildman–Crippen LogP) is 4.50. The number of anilines is 1. The van der Waals surface area contributed by atoms with Gasteiger partial charge in [-0.25, -0.2) is 0 Å². The molecule has 1 heterocycles. The van der Waals surface area contributed by atoms with Crippen LogP contribution in [0, 0.1) is 0 Å². The molecule has 2 nitrogen and oxygen atoms in total. The van der Waals surface area contributed by atoms with E-state index in [0.29, 0.717) is 0 Å². The molecule has 1 saturated heterocycles. The summed E-state index contributed by atoms with van der Waals surface area (Å²) >= 11 is 3.45. The van der Waals surface area contributed by atoms with Crippen LogP contribution in [0.4, 0.5) is 5.69 Å². The van der Waals surface area contributed by atoms with Crippen molar-refractivity contribution in [3.05, 3.63) is 59.1 Å². The Kier molecular flexibility index (Phi) is 4.26. The number of piperidine rings is 1. The lowest BCUT2D eigenvalue weighted by Gasteiger charge is -2.34. The maximum absolute atomic E-state index is 6.10.